The van der Waals surface area contributed by atoms with Gasteiger partial charge in [-0.3, -0.25) is 10.3 Å². The van der Waals surface area contributed by atoms with E-state index in [4.69, 9.17) is 14.2 Å². The number of aromatic nitrogens is 2. The summed E-state index contributed by atoms with van der Waals surface area (Å²) < 4.78 is 29.9. The second kappa shape index (κ2) is 12.7. The number of benzene rings is 2. The Labute approximate surface area is 233 Å². The van der Waals surface area contributed by atoms with E-state index in [1.807, 2.05) is 36.4 Å². The minimum absolute atomic E-state index is 0.0916. The van der Waals surface area contributed by atoms with Gasteiger partial charge in [0.15, 0.2) is 11.4 Å². The molecule has 0 bridgehead atoms. The lowest BCUT2D eigenvalue weighted by Gasteiger charge is -2.17. The van der Waals surface area contributed by atoms with Crippen molar-refractivity contribution in [1.82, 2.24) is 9.97 Å². The van der Waals surface area contributed by atoms with Crippen molar-refractivity contribution in [3.05, 3.63) is 95.1 Å². The zero-order valence-electron chi connectivity index (χ0n) is 23.0. The first-order valence-electron chi connectivity index (χ1n) is 12.9. The van der Waals surface area contributed by atoms with Crippen molar-refractivity contribution in [2.24, 2.45) is 0 Å². The molecule has 0 spiro atoms. The van der Waals surface area contributed by atoms with Crippen LogP contribution in [-0.2, 0) is 22.5 Å². The summed E-state index contributed by atoms with van der Waals surface area (Å²) in [6.45, 7) is 7.00. The molecular formula is C30H32FN3O5Si. The Kier molecular flexibility index (Phi) is 9.10. The number of fused-ring (bicyclic) bond motifs is 1. The highest BCUT2D eigenvalue weighted by atomic mass is 28.3. The summed E-state index contributed by atoms with van der Waals surface area (Å²) in [6, 6.07) is 18.3. The number of esters is 1. The Morgan fingerprint density at radius 3 is 2.38 bits per heavy atom. The maximum Gasteiger partial charge on any atom is 0.412 e. The van der Waals surface area contributed by atoms with Gasteiger partial charge < -0.3 is 14.2 Å². The van der Waals surface area contributed by atoms with E-state index < -0.39 is 20.1 Å². The van der Waals surface area contributed by atoms with Crippen LogP contribution in [0.15, 0.2) is 66.9 Å². The van der Waals surface area contributed by atoms with Crippen LogP contribution in [0.1, 0.15) is 27.2 Å². The molecule has 2 aromatic carbocycles. The van der Waals surface area contributed by atoms with Gasteiger partial charge in [-0.15, -0.1) is 0 Å². The topological polar surface area (TPSA) is 99.6 Å². The maximum absolute atomic E-state index is 13.4. The fraction of sp³-hybridized carbons (Fsp3) is 0.267. The molecule has 0 fully saturated rings. The van der Waals surface area contributed by atoms with Gasteiger partial charge in [-0.1, -0.05) is 62.1 Å². The van der Waals surface area contributed by atoms with Crippen molar-refractivity contribution >= 4 is 36.9 Å². The molecule has 2 heterocycles. The fourth-order valence-corrected chi connectivity index (χ4v) is 4.63. The molecule has 0 aliphatic rings. The molecule has 0 atom stereocenters. The first-order chi connectivity index (χ1) is 19.1. The van der Waals surface area contributed by atoms with E-state index in [2.05, 4.69) is 34.9 Å². The van der Waals surface area contributed by atoms with Crippen LogP contribution in [-0.4, -0.2) is 43.8 Å². The van der Waals surface area contributed by atoms with Gasteiger partial charge in [0, 0.05) is 19.7 Å². The summed E-state index contributed by atoms with van der Waals surface area (Å²) in [7, 11) is -0.171. The third-order valence-corrected chi connectivity index (χ3v) is 7.79. The number of hydrogen-bond acceptors (Lipinski definition) is 7. The molecule has 208 valence electrons. The van der Waals surface area contributed by atoms with Crippen molar-refractivity contribution in [3.8, 4) is 5.75 Å². The number of pyridine rings is 2. The number of nitrogens with one attached hydrogen (secondary N) is 1. The molecule has 4 rings (SSSR count). The molecule has 8 nitrogen and oxygen atoms in total. The number of anilines is 1. The van der Waals surface area contributed by atoms with Crippen molar-refractivity contribution in [3.63, 3.8) is 0 Å². The molecule has 0 saturated carbocycles. The van der Waals surface area contributed by atoms with Gasteiger partial charge >= 0.3 is 12.1 Å². The molecule has 0 saturated heterocycles. The third-order valence-electron chi connectivity index (χ3n) is 6.09. The molecule has 40 heavy (non-hydrogen) atoms. The van der Waals surface area contributed by atoms with Gasteiger partial charge in [-0.05, 0) is 47.4 Å². The molecule has 10 heteroatoms. The Hall–Kier alpha value is -4.31. The molecule has 1 N–H and O–H groups in total. The predicted octanol–water partition coefficient (Wildman–Crippen LogP) is 6.61. The van der Waals surface area contributed by atoms with Gasteiger partial charge in [-0.25, -0.2) is 19.0 Å². The van der Waals surface area contributed by atoms with Crippen LogP contribution >= 0.6 is 0 Å². The number of ether oxygens (including phenoxy) is 3. The van der Waals surface area contributed by atoms with Crippen molar-refractivity contribution in [1.29, 1.82) is 0 Å². The van der Waals surface area contributed by atoms with E-state index in [1.165, 1.54) is 19.2 Å². The highest BCUT2D eigenvalue weighted by Crippen LogP contribution is 2.34. The number of rotatable bonds is 10. The van der Waals surface area contributed by atoms with E-state index in [0.717, 1.165) is 22.7 Å². The second-order valence-electron chi connectivity index (χ2n) is 10.5. The summed E-state index contributed by atoms with van der Waals surface area (Å²) in [6.07, 6.45) is 1.42. The van der Waals surface area contributed by atoms with Gasteiger partial charge in [0.2, 0.25) is 0 Å². The fourth-order valence-electron chi connectivity index (χ4n) is 3.92. The van der Waals surface area contributed by atoms with Crippen molar-refractivity contribution in [2.45, 2.75) is 38.7 Å². The molecule has 0 unspecified atom stereocenters. The number of halogens is 1. The Morgan fingerprint density at radius 1 is 0.975 bits per heavy atom. The lowest BCUT2D eigenvalue weighted by atomic mass is 10.0. The minimum Gasteiger partial charge on any atom is -0.484 e. The van der Waals surface area contributed by atoms with Gasteiger partial charge in [0.1, 0.15) is 23.8 Å². The zero-order valence-corrected chi connectivity index (χ0v) is 24.0. The number of carbonyl (C=O) groups is 2. The van der Waals surface area contributed by atoms with E-state index in [0.29, 0.717) is 17.3 Å². The summed E-state index contributed by atoms with van der Waals surface area (Å²) in [4.78, 5) is 34.6. The van der Waals surface area contributed by atoms with Gasteiger partial charge in [0.25, 0.3) is 0 Å². The quantitative estimate of drug-likeness (QED) is 0.172. The SMILES string of the molecule is COC(=O)c1nc(NC(=O)OCC[Si](C)(C)C)c2cc(Cc3ccc(F)cc3)cnc2c1OCc1ccccc1. The highest BCUT2D eigenvalue weighted by Gasteiger charge is 2.24. The van der Waals surface area contributed by atoms with Crippen molar-refractivity contribution < 1.29 is 28.2 Å². The third kappa shape index (κ3) is 7.63. The Balaban J connectivity index is 1.75. The second-order valence-corrected chi connectivity index (χ2v) is 16.1. The average molecular weight is 562 g/mol. The molecule has 0 aliphatic carbocycles. The average Bonchev–Trinajstić information content (AvgIpc) is 2.93. The molecule has 2 aromatic heterocycles. The number of amides is 1. The largest absolute Gasteiger partial charge is 0.484 e. The number of carbonyl (C=O) groups excluding carboxylic acids is 2. The monoisotopic (exact) mass is 561 g/mol. The van der Waals surface area contributed by atoms with Crippen LogP contribution in [0.25, 0.3) is 10.9 Å². The van der Waals surface area contributed by atoms with Crippen LogP contribution < -0.4 is 10.1 Å². The summed E-state index contributed by atoms with van der Waals surface area (Å²) in [5.41, 5.74) is 2.75. The predicted molar refractivity (Wildman–Crippen MR) is 154 cm³/mol. The first kappa shape index (κ1) is 28.7. The summed E-state index contributed by atoms with van der Waals surface area (Å²) >= 11 is 0. The molecule has 1 amide bonds. The van der Waals surface area contributed by atoms with E-state index in [1.54, 1.807) is 18.3 Å². The lowest BCUT2D eigenvalue weighted by Crippen LogP contribution is -2.24. The zero-order chi connectivity index (χ0) is 28.7. The number of hydrogen-bond donors (Lipinski definition) is 1. The smallest absolute Gasteiger partial charge is 0.412 e. The van der Waals surface area contributed by atoms with E-state index >= 15 is 0 Å². The van der Waals surface area contributed by atoms with E-state index in [-0.39, 0.29) is 36.3 Å². The molecule has 4 aromatic rings. The van der Waals surface area contributed by atoms with Gasteiger partial charge in [0.05, 0.1) is 13.7 Å². The molecule has 0 radical (unpaired) electrons. The minimum atomic E-state index is -1.41. The first-order valence-corrected chi connectivity index (χ1v) is 16.6. The van der Waals surface area contributed by atoms with Gasteiger partial charge in [-0.2, -0.15) is 0 Å². The Bertz CT molecular complexity index is 1490. The van der Waals surface area contributed by atoms with Crippen LogP contribution in [0.5, 0.6) is 5.75 Å². The number of methoxy groups -OCH3 is 1. The van der Waals surface area contributed by atoms with Crippen LogP contribution in [0.2, 0.25) is 25.7 Å². The highest BCUT2D eigenvalue weighted by molar-refractivity contribution is 6.76. The summed E-state index contributed by atoms with van der Waals surface area (Å²) in [5, 5.41) is 3.14. The van der Waals surface area contributed by atoms with E-state index in [9.17, 15) is 14.0 Å². The molecular weight excluding hydrogens is 529 g/mol. The van der Waals surface area contributed by atoms with Crippen molar-refractivity contribution in [2.75, 3.05) is 19.0 Å². The van der Waals surface area contributed by atoms with Crippen LogP contribution in [0.4, 0.5) is 15.0 Å². The van der Waals surface area contributed by atoms with Crippen LogP contribution in [0, 0.1) is 5.82 Å². The molecule has 0 aliphatic heterocycles. The van der Waals surface area contributed by atoms with Crippen LogP contribution in [0.3, 0.4) is 0 Å². The normalized spacial score (nSPS) is 11.2. The summed E-state index contributed by atoms with van der Waals surface area (Å²) in [5.74, 6) is -0.831. The standard InChI is InChI=1S/C30H32FN3O5Si/c1-37-29(35)26-27(39-19-21-8-6-5-7-9-21)25-24(28(33-26)34-30(36)38-14-15-40(2,3)4)17-22(18-32-25)16-20-10-12-23(31)13-11-20/h5-13,17-18H,14-16,19H2,1-4H3,(H,33,34,36). The maximum atomic E-state index is 13.4. The lowest BCUT2D eigenvalue weighted by molar-refractivity contribution is 0.0588. The number of nitrogens with zero attached hydrogens (tertiary/aromatic N) is 2. The Morgan fingerprint density at radius 2 is 1.70 bits per heavy atom.